The number of para-hydroxylation sites is 1. The van der Waals surface area contributed by atoms with E-state index in [1.54, 1.807) is 30.3 Å². The van der Waals surface area contributed by atoms with Gasteiger partial charge in [-0.3, -0.25) is 9.59 Å². The van der Waals surface area contributed by atoms with Gasteiger partial charge in [0.2, 0.25) is 0 Å². The fourth-order valence-electron chi connectivity index (χ4n) is 2.88. The SMILES string of the molecule is Cc1cccc(C(=O)Nc2ccccc2C(=O)NC[C@H]2CCCO2)c1. The number of nitrogens with one attached hydrogen (secondary N) is 2. The Hall–Kier alpha value is -2.66. The van der Waals surface area contributed by atoms with Gasteiger partial charge in [0.15, 0.2) is 0 Å². The van der Waals surface area contributed by atoms with Crippen molar-refractivity contribution in [2.45, 2.75) is 25.9 Å². The van der Waals surface area contributed by atoms with Crippen molar-refractivity contribution >= 4 is 17.5 Å². The van der Waals surface area contributed by atoms with Crippen LogP contribution in [0.1, 0.15) is 39.1 Å². The molecule has 130 valence electrons. The molecule has 0 aliphatic carbocycles. The zero-order valence-corrected chi connectivity index (χ0v) is 14.2. The highest BCUT2D eigenvalue weighted by atomic mass is 16.5. The second-order valence-corrected chi connectivity index (χ2v) is 6.21. The Morgan fingerprint density at radius 3 is 2.72 bits per heavy atom. The summed E-state index contributed by atoms with van der Waals surface area (Å²) in [6.07, 6.45) is 2.08. The third-order valence-corrected chi connectivity index (χ3v) is 4.21. The largest absolute Gasteiger partial charge is 0.376 e. The maximum atomic E-state index is 12.5. The average molecular weight is 338 g/mol. The monoisotopic (exact) mass is 338 g/mol. The van der Waals surface area contributed by atoms with Crippen molar-refractivity contribution in [2.24, 2.45) is 0 Å². The number of carbonyl (C=O) groups excluding carboxylic acids is 2. The Bertz CT molecular complexity index is 767. The van der Waals surface area contributed by atoms with Crippen LogP contribution in [0.4, 0.5) is 5.69 Å². The van der Waals surface area contributed by atoms with E-state index in [-0.39, 0.29) is 17.9 Å². The summed E-state index contributed by atoms with van der Waals surface area (Å²) in [5, 5.41) is 5.72. The zero-order valence-electron chi connectivity index (χ0n) is 14.2. The number of aryl methyl sites for hydroxylation is 1. The minimum absolute atomic E-state index is 0.0815. The Labute approximate surface area is 147 Å². The van der Waals surface area contributed by atoms with Crippen molar-refractivity contribution in [3.05, 3.63) is 65.2 Å². The van der Waals surface area contributed by atoms with Crippen LogP contribution in [0.5, 0.6) is 0 Å². The first kappa shape index (κ1) is 17.2. The number of benzene rings is 2. The lowest BCUT2D eigenvalue weighted by atomic mass is 10.1. The molecule has 5 nitrogen and oxygen atoms in total. The van der Waals surface area contributed by atoms with Gasteiger partial charge in [0.1, 0.15) is 0 Å². The van der Waals surface area contributed by atoms with Crippen LogP contribution in [0.3, 0.4) is 0 Å². The molecule has 1 aliphatic rings. The summed E-state index contributed by atoms with van der Waals surface area (Å²) in [5.41, 5.74) is 2.52. The molecule has 2 amide bonds. The number of anilines is 1. The molecule has 0 radical (unpaired) electrons. The molecule has 5 heteroatoms. The van der Waals surface area contributed by atoms with Crippen molar-refractivity contribution in [2.75, 3.05) is 18.5 Å². The smallest absolute Gasteiger partial charge is 0.255 e. The second-order valence-electron chi connectivity index (χ2n) is 6.21. The Kier molecular flexibility index (Phi) is 5.46. The van der Waals surface area contributed by atoms with E-state index in [1.807, 2.05) is 25.1 Å². The molecule has 0 unspecified atom stereocenters. The first-order valence-corrected chi connectivity index (χ1v) is 8.50. The summed E-state index contributed by atoms with van der Waals surface area (Å²) >= 11 is 0. The highest BCUT2D eigenvalue weighted by Crippen LogP contribution is 2.17. The number of hydrogen-bond donors (Lipinski definition) is 2. The Morgan fingerprint density at radius 1 is 1.12 bits per heavy atom. The summed E-state index contributed by atoms with van der Waals surface area (Å²) in [6, 6.07) is 14.4. The summed E-state index contributed by atoms with van der Waals surface area (Å²) in [4.78, 5) is 24.9. The van der Waals surface area contributed by atoms with E-state index in [4.69, 9.17) is 4.74 Å². The molecule has 1 aliphatic heterocycles. The number of carbonyl (C=O) groups is 2. The van der Waals surface area contributed by atoms with Gasteiger partial charge < -0.3 is 15.4 Å². The van der Waals surface area contributed by atoms with Gasteiger partial charge in [-0.25, -0.2) is 0 Å². The molecule has 3 rings (SSSR count). The van der Waals surface area contributed by atoms with Gasteiger partial charge in [0.25, 0.3) is 11.8 Å². The van der Waals surface area contributed by atoms with E-state index in [1.165, 1.54) is 0 Å². The predicted molar refractivity (Wildman–Crippen MR) is 96.9 cm³/mol. The van der Waals surface area contributed by atoms with Crippen molar-refractivity contribution in [3.8, 4) is 0 Å². The van der Waals surface area contributed by atoms with Crippen molar-refractivity contribution < 1.29 is 14.3 Å². The van der Waals surface area contributed by atoms with Gasteiger partial charge >= 0.3 is 0 Å². The molecule has 0 bridgehead atoms. The van der Waals surface area contributed by atoms with E-state index in [9.17, 15) is 9.59 Å². The van der Waals surface area contributed by atoms with E-state index < -0.39 is 0 Å². The van der Waals surface area contributed by atoms with Gasteiger partial charge in [-0.05, 0) is 44.0 Å². The molecular weight excluding hydrogens is 316 g/mol. The lowest BCUT2D eigenvalue weighted by Gasteiger charge is -2.14. The molecule has 2 aromatic carbocycles. The van der Waals surface area contributed by atoms with E-state index in [0.717, 1.165) is 25.0 Å². The molecule has 25 heavy (non-hydrogen) atoms. The number of amides is 2. The van der Waals surface area contributed by atoms with Crippen LogP contribution < -0.4 is 10.6 Å². The van der Waals surface area contributed by atoms with Gasteiger partial charge in [0.05, 0.1) is 17.4 Å². The van der Waals surface area contributed by atoms with Gasteiger partial charge in [-0.15, -0.1) is 0 Å². The summed E-state index contributed by atoms with van der Waals surface area (Å²) in [6.45, 7) is 3.17. The molecule has 1 saturated heterocycles. The third kappa shape index (κ3) is 4.45. The van der Waals surface area contributed by atoms with Crippen LogP contribution in [0.2, 0.25) is 0 Å². The fraction of sp³-hybridized carbons (Fsp3) is 0.300. The van der Waals surface area contributed by atoms with Crippen LogP contribution in [-0.4, -0.2) is 31.1 Å². The zero-order chi connectivity index (χ0) is 17.6. The Morgan fingerprint density at radius 2 is 1.96 bits per heavy atom. The second kappa shape index (κ2) is 7.94. The van der Waals surface area contributed by atoms with Gasteiger partial charge in [-0.2, -0.15) is 0 Å². The van der Waals surface area contributed by atoms with Crippen LogP contribution in [0, 0.1) is 6.92 Å². The molecule has 1 fully saturated rings. The van der Waals surface area contributed by atoms with Crippen molar-refractivity contribution in [3.63, 3.8) is 0 Å². The van der Waals surface area contributed by atoms with Crippen molar-refractivity contribution in [1.29, 1.82) is 0 Å². The number of rotatable bonds is 5. The van der Waals surface area contributed by atoms with E-state index >= 15 is 0 Å². The standard InChI is InChI=1S/C20H22N2O3/c1-14-6-4-7-15(12-14)19(23)22-18-10-3-2-9-17(18)20(24)21-13-16-8-5-11-25-16/h2-4,6-7,9-10,12,16H,5,8,11,13H2,1H3,(H,21,24)(H,22,23)/t16-/m1/s1. The lowest BCUT2D eigenvalue weighted by molar-refractivity contribution is 0.0858. The van der Waals surface area contributed by atoms with Crippen LogP contribution in [-0.2, 0) is 4.74 Å². The topological polar surface area (TPSA) is 67.4 Å². The molecule has 0 spiro atoms. The van der Waals surface area contributed by atoms with Crippen LogP contribution in [0.25, 0.3) is 0 Å². The van der Waals surface area contributed by atoms with Crippen LogP contribution in [0.15, 0.2) is 48.5 Å². The minimum Gasteiger partial charge on any atom is -0.376 e. The van der Waals surface area contributed by atoms with Gasteiger partial charge in [0, 0.05) is 18.7 Å². The van der Waals surface area contributed by atoms with E-state index in [2.05, 4.69) is 10.6 Å². The predicted octanol–water partition coefficient (Wildman–Crippen LogP) is 3.16. The summed E-state index contributed by atoms with van der Waals surface area (Å²) in [7, 11) is 0. The molecule has 2 N–H and O–H groups in total. The first-order chi connectivity index (χ1) is 12.1. The minimum atomic E-state index is -0.233. The first-order valence-electron chi connectivity index (χ1n) is 8.50. The highest BCUT2D eigenvalue weighted by Gasteiger charge is 2.18. The van der Waals surface area contributed by atoms with Gasteiger partial charge in [-0.1, -0.05) is 29.8 Å². The molecular formula is C20H22N2O3. The molecule has 1 atom stereocenters. The summed E-state index contributed by atoms with van der Waals surface area (Å²) < 4.78 is 5.52. The lowest BCUT2D eigenvalue weighted by Crippen LogP contribution is -2.32. The fourth-order valence-corrected chi connectivity index (χ4v) is 2.88. The number of hydrogen-bond acceptors (Lipinski definition) is 3. The molecule has 1 heterocycles. The maximum absolute atomic E-state index is 12.5. The highest BCUT2D eigenvalue weighted by molar-refractivity contribution is 6.09. The Balaban J connectivity index is 1.69. The normalized spacial score (nSPS) is 16.4. The average Bonchev–Trinajstić information content (AvgIpc) is 3.13. The third-order valence-electron chi connectivity index (χ3n) is 4.21. The molecule has 0 aromatic heterocycles. The molecule has 0 saturated carbocycles. The van der Waals surface area contributed by atoms with Crippen molar-refractivity contribution in [1.82, 2.24) is 5.32 Å². The maximum Gasteiger partial charge on any atom is 0.255 e. The number of ether oxygens (including phenoxy) is 1. The van der Waals surface area contributed by atoms with E-state index in [0.29, 0.717) is 23.4 Å². The molecule has 2 aromatic rings. The summed E-state index contributed by atoms with van der Waals surface area (Å²) in [5.74, 6) is -0.446. The van der Waals surface area contributed by atoms with Crippen LogP contribution >= 0.6 is 0 Å². The quantitative estimate of drug-likeness (QED) is 0.880.